The van der Waals surface area contributed by atoms with Crippen molar-refractivity contribution in [3.8, 4) is 5.75 Å². The number of hydrogen-bond acceptors (Lipinski definition) is 15. The Morgan fingerprint density at radius 3 is 2.21 bits per heavy atom. The number of aliphatic hydroxyl groups is 6. The summed E-state index contributed by atoms with van der Waals surface area (Å²) in [6, 6.07) is 6.10. The molecule has 4 aliphatic carbocycles. The lowest BCUT2D eigenvalue weighted by Crippen LogP contribution is -2.63. The lowest BCUT2D eigenvalue weighted by Gasteiger charge is -2.60. The van der Waals surface area contributed by atoms with Gasteiger partial charge in [-0.15, -0.1) is 0 Å². The van der Waals surface area contributed by atoms with Gasteiger partial charge >= 0.3 is 11.9 Å². The second kappa shape index (κ2) is 19.4. The molecule has 0 amide bonds. The van der Waals surface area contributed by atoms with E-state index in [0.29, 0.717) is 25.0 Å². The smallest absolute Gasteiger partial charge is 0.338 e. The Balaban J connectivity index is 1.16. The average Bonchev–Trinajstić information content (AvgIpc) is 3.52. The Labute approximate surface area is 365 Å². The molecule has 1 aromatic carbocycles. The van der Waals surface area contributed by atoms with Crippen molar-refractivity contribution >= 4 is 11.9 Å². The lowest BCUT2D eigenvalue weighted by molar-refractivity contribution is -0.340. The molecule has 1 aromatic rings. The summed E-state index contributed by atoms with van der Waals surface area (Å²) in [5.41, 5.74) is 0.863. The Hall–Kier alpha value is -2.70. The van der Waals surface area contributed by atoms with Crippen LogP contribution in [0.5, 0.6) is 5.75 Å². The number of methoxy groups -OCH3 is 1. The van der Waals surface area contributed by atoms with Crippen LogP contribution in [-0.4, -0.2) is 137 Å². The van der Waals surface area contributed by atoms with Crippen molar-refractivity contribution in [2.45, 2.75) is 160 Å². The second-order valence-corrected chi connectivity index (χ2v) is 19.8. The minimum Gasteiger partial charge on any atom is -0.497 e. The van der Waals surface area contributed by atoms with Gasteiger partial charge < -0.3 is 63.8 Å². The van der Waals surface area contributed by atoms with Crippen molar-refractivity contribution in [1.29, 1.82) is 0 Å². The highest BCUT2D eigenvalue weighted by Crippen LogP contribution is 2.68. The van der Waals surface area contributed by atoms with Crippen LogP contribution in [0.3, 0.4) is 0 Å². The monoisotopic (exact) mass is 874 g/mol. The van der Waals surface area contributed by atoms with Crippen molar-refractivity contribution in [3.05, 3.63) is 41.5 Å². The molecule has 15 nitrogen and oxygen atoms in total. The first-order chi connectivity index (χ1) is 29.5. The zero-order valence-corrected chi connectivity index (χ0v) is 37.0. The number of fused-ring (bicyclic) bond motifs is 5. The first-order valence-electron chi connectivity index (χ1n) is 22.8. The van der Waals surface area contributed by atoms with Gasteiger partial charge in [-0.3, -0.25) is 4.79 Å². The van der Waals surface area contributed by atoms with Gasteiger partial charge in [0.2, 0.25) is 0 Å². The van der Waals surface area contributed by atoms with Gasteiger partial charge in [0.1, 0.15) is 30.2 Å². The summed E-state index contributed by atoms with van der Waals surface area (Å²) >= 11 is 0. The number of carbonyl (C=O) groups excluding carboxylic acids is 2. The maximum absolute atomic E-state index is 13.3. The van der Waals surface area contributed by atoms with E-state index in [9.17, 15) is 40.2 Å². The third-order valence-electron chi connectivity index (χ3n) is 15.8. The average molecular weight is 875 g/mol. The van der Waals surface area contributed by atoms with E-state index in [4.69, 9.17) is 33.2 Å². The van der Waals surface area contributed by atoms with E-state index in [2.05, 4.69) is 33.8 Å². The molecular formula is C47H70O15. The normalized spacial score (nSPS) is 42.6. The molecule has 19 atom stereocenters. The molecule has 5 fully saturated rings. The summed E-state index contributed by atoms with van der Waals surface area (Å²) < 4.78 is 42.1. The summed E-state index contributed by atoms with van der Waals surface area (Å²) in [5, 5.41) is 65.6. The highest BCUT2D eigenvalue weighted by Gasteiger charge is 2.64. The minimum absolute atomic E-state index is 0.0631. The van der Waals surface area contributed by atoms with Crippen molar-refractivity contribution in [3.63, 3.8) is 0 Å². The van der Waals surface area contributed by atoms with Crippen LogP contribution in [0, 0.1) is 46.3 Å². The molecule has 2 heterocycles. The van der Waals surface area contributed by atoms with Crippen molar-refractivity contribution in [1.82, 2.24) is 0 Å². The number of aliphatic hydroxyl groups excluding tert-OH is 6. The first kappa shape index (κ1) is 47.3. The molecule has 0 bridgehead atoms. The van der Waals surface area contributed by atoms with Gasteiger partial charge in [-0.1, -0.05) is 52.2 Å². The second-order valence-electron chi connectivity index (χ2n) is 19.8. The molecule has 0 unspecified atom stereocenters. The van der Waals surface area contributed by atoms with E-state index < -0.39 is 79.5 Å². The molecule has 348 valence electrons. The fourth-order valence-electron chi connectivity index (χ4n) is 12.5. The van der Waals surface area contributed by atoms with Crippen LogP contribution in [0.1, 0.15) is 103 Å². The fraction of sp³-hybridized carbons (Fsp3) is 0.787. The van der Waals surface area contributed by atoms with E-state index in [1.807, 2.05) is 0 Å². The third-order valence-corrected chi connectivity index (χ3v) is 15.8. The van der Waals surface area contributed by atoms with Gasteiger partial charge in [-0.05, 0) is 116 Å². The van der Waals surface area contributed by atoms with Gasteiger partial charge in [0.15, 0.2) is 24.8 Å². The molecule has 3 saturated carbocycles. The highest BCUT2D eigenvalue weighted by molar-refractivity contribution is 5.89. The maximum Gasteiger partial charge on any atom is 0.338 e. The summed E-state index contributed by atoms with van der Waals surface area (Å²) in [4.78, 5) is 26.1. The van der Waals surface area contributed by atoms with Gasteiger partial charge in [-0.2, -0.15) is 0 Å². The van der Waals surface area contributed by atoms with Crippen LogP contribution in [0.15, 0.2) is 35.9 Å². The summed E-state index contributed by atoms with van der Waals surface area (Å²) in [6.07, 6.45) is -3.59. The van der Waals surface area contributed by atoms with Crippen molar-refractivity contribution < 1.29 is 73.4 Å². The zero-order chi connectivity index (χ0) is 44.7. The summed E-state index contributed by atoms with van der Waals surface area (Å²) in [7, 11) is 1.49. The summed E-state index contributed by atoms with van der Waals surface area (Å²) in [5.74, 6) is -0.292. The van der Waals surface area contributed by atoms with E-state index in [-0.39, 0.29) is 71.7 Å². The SMILES string of the molecule is COc1ccc(C(=O)O[C@H]2[C@H](O[C@@H]3[C@@H](OC(C)=O)[C@H](O[C@H]4C=C5C[C@@H](O)CC[C@]5(C)[C@H]5CC[C@]6(C)[C@@H]([C@H](C)CCC[C@@H](C)CO)[C@@H](O)C[C@H]6[C@H]45)OC[C@@H]3O)OC[C@@H](O)[C@@H]2O)cc1. The van der Waals surface area contributed by atoms with Crippen LogP contribution >= 0.6 is 0 Å². The quantitative estimate of drug-likeness (QED) is 0.116. The molecule has 0 aromatic heterocycles. The first-order valence-corrected chi connectivity index (χ1v) is 22.8. The van der Waals surface area contributed by atoms with Gasteiger partial charge in [-0.25, -0.2) is 4.79 Å². The molecule has 0 spiro atoms. The molecule has 15 heteroatoms. The predicted molar refractivity (Wildman–Crippen MR) is 222 cm³/mol. The van der Waals surface area contributed by atoms with Crippen LogP contribution in [0.2, 0.25) is 0 Å². The molecule has 6 aliphatic rings. The number of hydrogen-bond donors (Lipinski definition) is 6. The number of ether oxygens (including phenoxy) is 7. The predicted octanol–water partition coefficient (Wildman–Crippen LogP) is 3.67. The molecule has 62 heavy (non-hydrogen) atoms. The van der Waals surface area contributed by atoms with Crippen LogP contribution in [0.25, 0.3) is 0 Å². The largest absolute Gasteiger partial charge is 0.497 e. The van der Waals surface area contributed by atoms with Gasteiger partial charge in [0.05, 0.1) is 44.2 Å². The van der Waals surface area contributed by atoms with Crippen molar-refractivity contribution in [2.24, 2.45) is 46.3 Å². The maximum atomic E-state index is 13.3. The lowest BCUT2D eigenvalue weighted by atomic mass is 9.46. The Morgan fingerprint density at radius 2 is 1.53 bits per heavy atom. The highest BCUT2D eigenvalue weighted by atomic mass is 16.7. The number of rotatable bonds is 14. The topological polar surface area (TPSA) is 220 Å². The standard InChI is InChI=1S/C47H70O15/c1-24(21-48)8-7-9-25(2)38-33(51)20-32-37-31(15-17-47(32,38)5)46(4)16-14-29(50)18-28(46)19-36(37)60-45-42(59-26(3)49)40(35(53)23-58-45)62-44-41(39(54)34(52)22-57-44)61-43(55)27-10-12-30(56-6)13-11-27/h10-13,19,24-25,29,31-42,44-45,48,50-54H,7-9,14-18,20-23H2,1-6H3/t24-,25-,29+,31+,32+,33+,34-,35+,36+,37-,38+,39+,40+,41-,42-,44+,45+,46+,47+/m1/s1. The van der Waals surface area contributed by atoms with Crippen LogP contribution in [0.4, 0.5) is 0 Å². The van der Waals surface area contributed by atoms with Crippen LogP contribution < -0.4 is 4.74 Å². The summed E-state index contributed by atoms with van der Waals surface area (Å²) in [6.45, 7) is 9.65. The third kappa shape index (κ3) is 9.36. The number of esters is 2. The Bertz CT molecular complexity index is 1720. The zero-order valence-electron chi connectivity index (χ0n) is 37.0. The molecule has 7 rings (SSSR count). The minimum atomic E-state index is -1.63. The number of carbonyl (C=O) groups is 2. The van der Waals surface area contributed by atoms with Crippen LogP contribution in [-0.2, 0) is 33.2 Å². The van der Waals surface area contributed by atoms with E-state index >= 15 is 0 Å². The molecule has 2 aliphatic heterocycles. The van der Waals surface area contributed by atoms with Gasteiger partial charge in [0, 0.05) is 13.5 Å². The molecule has 0 radical (unpaired) electrons. The molecule has 2 saturated heterocycles. The van der Waals surface area contributed by atoms with Crippen molar-refractivity contribution in [2.75, 3.05) is 26.9 Å². The van der Waals surface area contributed by atoms with Gasteiger partial charge in [0.25, 0.3) is 0 Å². The molecule has 6 N–H and O–H groups in total. The van der Waals surface area contributed by atoms with E-state index in [0.717, 1.165) is 44.1 Å². The fourth-order valence-corrected chi connectivity index (χ4v) is 12.5. The van der Waals surface area contributed by atoms with E-state index in [1.54, 1.807) is 12.1 Å². The molecular weight excluding hydrogens is 805 g/mol. The number of benzene rings is 1. The Kier molecular flexibility index (Phi) is 14.8. The van der Waals surface area contributed by atoms with E-state index in [1.165, 1.54) is 26.2 Å². The Morgan fingerprint density at radius 1 is 0.839 bits per heavy atom.